The molecule has 2 heteroatoms. The second-order valence-corrected chi connectivity index (χ2v) is 12.9. The fraction of sp³-hybridized carbons (Fsp3) is 0.231. The Hall–Kier alpha value is -4.30. The Morgan fingerprint density at radius 2 is 1.32 bits per heavy atom. The monoisotopic (exact) mass is 536 g/mol. The molecule has 2 aliphatic rings. The van der Waals surface area contributed by atoms with E-state index >= 15 is 0 Å². The number of methoxy groups -OCH3 is 1. The van der Waals surface area contributed by atoms with Gasteiger partial charge < -0.3 is 9.47 Å². The van der Waals surface area contributed by atoms with Gasteiger partial charge >= 0.3 is 0 Å². The number of hydrogen-bond donors (Lipinski definition) is 0. The number of benzene rings is 5. The standard InChI is InChI=1S/C39H36O2/c1-37(2,3)25-15-17-26(18-16-25)39(27-19-21-28(40-6)22-20-27)24-23-32-35-34(29-11-7-8-12-30(29)36(32)41-39)31-13-9-10-14-33(31)38(35,4)5/h7-24H,1-6H3. The van der Waals surface area contributed by atoms with E-state index in [1.807, 2.05) is 12.1 Å². The Balaban J connectivity index is 1.51. The van der Waals surface area contributed by atoms with Crippen molar-refractivity contribution in [2.24, 2.45) is 0 Å². The van der Waals surface area contributed by atoms with Crippen molar-refractivity contribution in [2.75, 3.05) is 7.11 Å². The van der Waals surface area contributed by atoms with Crippen molar-refractivity contribution < 1.29 is 9.47 Å². The Morgan fingerprint density at radius 3 is 1.98 bits per heavy atom. The number of fused-ring (bicyclic) bond motifs is 8. The number of rotatable bonds is 3. The van der Waals surface area contributed by atoms with Crippen molar-refractivity contribution in [3.63, 3.8) is 0 Å². The van der Waals surface area contributed by atoms with Gasteiger partial charge in [-0.25, -0.2) is 0 Å². The fourth-order valence-electron chi connectivity index (χ4n) is 6.93. The van der Waals surface area contributed by atoms with Crippen LogP contribution in [0, 0.1) is 0 Å². The maximum atomic E-state index is 7.39. The summed E-state index contributed by atoms with van der Waals surface area (Å²) < 4.78 is 12.9. The molecular formula is C39H36O2. The molecule has 1 heterocycles. The minimum Gasteiger partial charge on any atom is -0.497 e. The summed E-state index contributed by atoms with van der Waals surface area (Å²) in [5, 5.41) is 2.38. The molecule has 0 fully saturated rings. The van der Waals surface area contributed by atoms with Crippen LogP contribution in [0.5, 0.6) is 11.5 Å². The van der Waals surface area contributed by atoms with Gasteiger partial charge in [-0.3, -0.25) is 0 Å². The number of ether oxygens (including phenoxy) is 2. The summed E-state index contributed by atoms with van der Waals surface area (Å²) >= 11 is 0. The normalized spacial score (nSPS) is 18.4. The quantitative estimate of drug-likeness (QED) is 0.228. The SMILES string of the molecule is COc1ccc(C2(c3ccc(C(C)(C)C)cc3)C=Cc3c4c(c5ccccc5c3O2)-c2ccccc2C4(C)C)cc1. The maximum Gasteiger partial charge on any atom is 0.178 e. The fourth-order valence-corrected chi connectivity index (χ4v) is 6.93. The van der Waals surface area contributed by atoms with Crippen LogP contribution in [0.25, 0.3) is 28.0 Å². The van der Waals surface area contributed by atoms with Crippen molar-refractivity contribution in [1.29, 1.82) is 0 Å². The average molecular weight is 537 g/mol. The molecule has 1 unspecified atom stereocenters. The van der Waals surface area contributed by atoms with Crippen molar-refractivity contribution in [1.82, 2.24) is 0 Å². The van der Waals surface area contributed by atoms with Crippen LogP contribution in [0.2, 0.25) is 0 Å². The van der Waals surface area contributed by atoms with E-state index in [0.29, 0.717) is 0 Å². The molecule has 41 heavy (non-hydrogen) atoms. The highest BCUT2D eigenvalue weighted by molar-refractivity contribution is 6.08. The first kappa shape index (κ1) is 25.7. The Morgan fingerprint density at radius 1 is 0.707 bits per heavy atom. The summed E-state index contributed by atoms with van der Waals surface area (Å²) in [6.07, 6.45) is 4.58. The van der Waals surface area contributed by atoms with E-state index in [9.17, 15) is 0 Å². The van der Waals surface area contributed by atoms with Crippen LogP contribution >= 0.6 is 0 Å². The van der Waals surface area contributed by atoms with Crippen molar-refractivity contribution in [3.05, 3.63) is 137 Å². The van der Waals surface area contributed by atoms with E-state index in [0.717, 1.165) is 28.0 Å². The molecule has 204 valence electrons. The molecule has 0 saturated heterocycles. The van der Waals surface area contributed by atoms with Crippen molar-refractivity contribution >= 4 is 16.8 Å². The molecule has 7 rings (SSSR count). The highest BCUT2D eigenvalue weighted by Crippen LogP contribution is 2.58. The number of hydrogen-bond acceptors (Lipinski definition) is 2. The van der Waals surface area contributed by atoms with Crippen LogP contribution < -0.4 is 9.47 Å². The topological polar surface area (TPSA) is 18.5 Å². The summed E-state index contributed by atoms with van der Waals surface area (Å²) in [7, 11) is 1.70. The molecule has 0 amide bonds. The van der Waals surface area contributed by atoms with Gasteiger partial charge in [0.2, 0.25) is 0 Å². The van der Waals surface area contributed by atoms with Gasteiger partial charge in [0.1, 0.15) is 11.5 Å². The molecule has 1 aliphatic heterocycles. The summed E-state index contributed by atoms with van der Waals surface area (Å²) in [6, 6.07) is 34.8. The van der Waals surface area contributed by atoms with Crippen LogP contribution in [-0.2, 0) is 16.4 Å². The molecule has 5 aromatic rings. The van der Waals surface area contributed by atoms with Gasteiger partial charge in [0.25, 0.3) is 0 Å². The molecule has 0 aromatic heterocycles. The van der Waals surface area contributed by atoms with Gasteiger partial charge in [0.05, 0.1) is 7.11 Å². The van der Waals surface area contributed by atoms with E-state index in [-0.39, 0.29) is 10.8 Å². The summed E-state index contributed by atoms with van der Waals surface area (Å²) in [5.74, 6) is 1.77. The van der Waals surface area contributed by atoms with Crippen LogP contribution in [0.4, 0.5) is 0 Å². The van der Waals surface area contributed by atoms with Crippen LogP contribution in [0.1, 0.15) is 68.0 Å². The maximum absolute atomic E-state index is 7.39. The molecule has 0 N–H and O–H groups in total. The molecule has 1 atom stereocenters. The molecule has 0 radical (unpaired) electrons. The zero-order chi connectivity index (χ0) is 28.6. The molecule has 1 aliphatic carbocycles. The molecule has 0 spiro atoms. The largest absolute Gasteiger partial charge is 0.497 e. The lowest BCUT2D eigenvalue weighted by atomic mass is 9.76. The molecular weight excluding hydrogens is 500 g/mol. The highest BCUT2D eigenvalue weighted by atomic mass is 16.5. The van der Waals surface area contributed by atoms with Gasteiger partial charge in [-0.1, -0.05) is 126 Å². The van der Waals surface area contributed by atoms with Crippen LogP contribution in [0.3, 0.4) is 0 Å². The first-order valence-corrected chi connectivity index (χ1v) is 14.5. The summed E-state index contributed by atoms with van der Waals surface area (Å²) in [4.78, 5) is 0. The van der Waals surface area contributed by atoms with E-state index in [1.54, 1.807) is 7.11 Å². The van der Waals surface area contributed by atoms with Crippen molar-refractivity contribution in [2.45, 2.75) is 51.0 Å². The smallest absolute Gasteiger partial charge is 0.178 e. The molecule has 2 nitrogen and oxygen atoms in total. The van der Waals surface area contributed by atoms with E-state index in [4.69, 9.17) is 9.47 Å². The Labute approximate surface area is 243 Å². The minimum atomic E-state index is -0.789. The first-order chi connectivity index (χ1) is 19.6. The predicted octanol–water partition coefficient (Wildman–Crippen LogP) is 9.80. The zero-order valence-corrected chi connectivity index (χ0v) is 24.7. The van der Waals surface area contributed by atoms with Gasteiger partial charge in [-0.05, 0) is 56.8 Å². The Bertz CT molecular complexity index is 1830. The molecule has 0 bridgehead atoms. The van der Waals surface area contributed by atoms with Gasteiger partial charge in [0, 0.05) is 27.5 Å². The minimum absolute atomic E-state index is 0.0685. The van der Waals surface area contributed by atoms with E-state index in [2.05, 4.69) is 132 Å². The first-order valence-electron chi connectivity index (χ1n) is 14.5. The van der Waals surface area contributed by atoms with Crippen LogP contribution in [-0.4, -0.2) is 7.11 Å². The lowest BCUT2D eigenvalue weighted by Gasteiger charge is -2.38. The average Bonchev–Trinajstić information content (AvgIpc) is 3.24. The van der Waals surface area contributed by atoms with E-state index < -0.39 is 5.60 Å². The molecule has 0 saturated carbocycles. The summed E-state index contributed by atoms with van der Waals surface area (Å²) in [5.41, 5.74) is 9.14. The zero-order valence-electron chi connectivity index (χ0n) is 24.7. The third kappa shape index (κ3) is 3.70. The lowest BCUT2D eigenvalue weighted by molar-refractivity contribution is 0.163. The second-order valence-electron chi connectivity index (χ2n) is 12.9. The van der Waals surface area contributed by atoms with Gasteiger partial charge in [-0.2, -0.15) is 0 Å². The van der Waals surface area contributed by atoms with Crippen molar-refractivity contribution in [3.8, 4) is 22.6 Å². The lowest BCUT2D eigenvalue weighted by Crippen LogP contribution is -2.35. The van der Waals surface area contributed by atoms with Gasteiger partial charge in [0.15, 0.2) is 5.60 Å². The molecule has 5 aromatic carbocycles. The Kier molecular flexibility index (Phi) is 5.54. The van der Waals surface area contributed by atoms with Crippen LogP contribution in [0.15, 0.2) is 103 Å². The van der Waals surface area contributed by atoms with Gasteiger partial charge in [-0.15, -0.1) is 0 Å². The third-order valence-corrected chi connectivity index (χ3v) is 9.15. The summed E-state index contributed by atoms with van der Waals surface area (Å²) in [6.45, 7) is 11.4. The second kappa shape index (κ2) is 8.85. The van der Waals surface area contributed by atoms with E-state index in [1.165, 1.54) is 38.8 Å². The highest BCUT2D eigenvalue weighted by Gasteiger charge is 2.44. The predicted molar refractivity (Wildman–Crippen MR) is 170 cm³/mol. The third-order valence-electron chi connectivity index (χ3n) is 9.15.